The van der Waals surface area contributed by atoms with Gasteiger partial charge in [-0.1, -0.05) is 25.4 Å². The Labute approximate surface area is 124 Å². The van der Waals surface area contributed by atoms with E-state index < -0.39 is 32.0 Å². The molecular weight excluding hydrogens is 335 g/mol. The first-order valence-electron chi connectivity index (χ1n) is 5.85. The van der Waals surface area contributed by atoms with Gasteiger partial charge in [-0.05, 0) is 12.3 Å². The van der Waals surface area contributed by atoms with E-state index in [1.54, 1.807) is 0 Å². The fourth-order valence-corrected chi connectivity index (χ4v) is 2.06. The Morgan fingerprint density at radius 1 is 1.38 bits per heavy atom. The molecule has 0 atom stereocenters. The smallest absolute Gasteiger partial charge is 0.374 e. The van der Waals surface area contributed by atoms with Crippen LogP contribution in [0.25, 0.3) is 0 Å². The predicted molar refractivity (Wildman–Crippen MR) is 70.8 cm³/mol. The van der Waals surface area contributed by atoms with Crippen molar-refractivity contribution in [3.63, 3.8) is 0 Å². The van der Waals surface area contributed by atoms with Crippen molar-refractivity contribution < 1.29 is 25.8 Å². The Balaban J connectivity index is 3.09. The van der Waals surface area contributed by atoms with Gasteiger partial charge in [0.15, 0.2) is 5.75 Å². The van der Waals surface area contributed by atoms with E-state index in [0.29, 0.717) is 18.9 Å². The second-order valence-electron chi connectivity index (χ2n) is 4.66. The van der Waals surface area contributed by atoms with Crippen LogP contribution in [0.5, 0.6) is 5.75 Å². The highest BCUT2D eigenvalue weighted by molar-refractivity contribution is 7.88. The molecule has 0 saturated carbocycles. The van der Waals surface area contributed by atoms with E-state index >= 15 is 0 Å². The molecule has 5 nitrogen and oxygen atoms in total. The number of aromatic nitrogens is 1. The van der Waals surface area contributed by atoms with Crippen molar-refractivity contribution in [1.82, 2.24) is 4.57 Å². The summed E-state index contributed by atoms with van der Waals surface area (Å²) in [5.74, 6) is -0.544. The van der Waals surface area contributed by atoms with Gasteiger partial charge in [0, 0.05) is 18.8 Å². The lowest BCUT2D eigenvalue weighted by molar-refractivity contribution is -0.0500. The Morgan fingerprint density at radius 3 is 2.43 bits per heavy atom. The standard InChI is InChI=1S/C11H13ClF3NO4S/c1-7(2)3-5-16-6-4-8(9(12)10(16)17)20-21(18,19)11(13,14)15/h4,6-7H,3,5H2,1-2H3. The lowest BCUT2D eigenvalue weighted by Gasteiger charge is -2.12. The third kappa shape index (κ3) is 4.37. The Hall–Kier alpha value is -1.22. The molecule has 0 saturated heterocycles. The molecule has 1 aromatic heterocycles. The molecule has 21 heavy (non-hydrogen) atoms. The van der Waals surface area contributed by atoms with Gasteiger partial charge in [-0.3, -0.25) is 4.79 Å². The van der Waals surface area contributed by atoms with E-state index in [-0.39, 0.29) is 0 Å². The number of pyridine rings is 1. The minimum absolute atomic E-state index is 0.303. The SMILES string of the molecule is CC(C)CCn1ccc(OS(=O)(=O)C(F)(F)F)c(Cl)c1=O. The number of rotatable bonds is 5. The van der Waals surface area contributed by atoms with Crippen molar-refractivity contribution in [1.29, 1.82) is 0 Å². The van der Waals surface area contributed by atoms with Crippen LogP contribution in [0.15, 0.2) is 17.1 Å². The largest absolute Gasteiger partial charge is 0.534 e. The first-order chi connectivity index (χ1) is 9.45. The molecule has 0 aliphatic heterocycles. The van der Waals surface area contributed by atoms with Crippen molar-refractivity contribution in [2.24, 2.45) is 5.92 Å². The molecule has 0 aromatic carbocycles. The highest BCUT2D eigenvalue weighted by Gasteiger charge is 2.48. The number of alkyl halides is 3. The van der Waals surface area contributed by atoms with Crippen LogP contribution < -0.4 is 9.74 Å². The molecule has 0 aliphatic carbocycles. The average Bonchev–Trinajstić information content (AvgIpc) is 2.32. The van der Waals surface area contributed by atoms with Crippen molar-refractivity contribution >= 4 is 21.7 Å². The molecule has 0 bridgehead atoms. The van der Waals surface area contributed by atoms with Crippen LogP contribution in [0.2, 0.25) is 5.02 Å². The van der Waals surface area contributed by atoms with Crippen LogP contribution in [-0.4, -0.2) is 18.5 Å². The first-order valence-corrected chi connectivity index (χ1v) is 7.64. The first kappa shape index (κ1) is 17.8. The number of hydrogen-bond donors (Lipinski definition) is 0. The number of hydrogen-bond acceptors (Lipinski definition) is 4. The molecule has 0 radical (unpaired) electrons. The van der Waals surface area contributed by atoms with E-state index in [0.717, 1.165) is 12.3 Å². The number of aryl methyl sites for hydroxylation is 1. The molecule has 1 rings (SSSR count). The minimum atomic E-state index is -5.86. The summed E-state index contributed by atoms with van der Waals surface area (Å²) in [7, 11) is -5.86. The summed E-state index contributed by atoms with van der Waals surface area (Å²) in [5, 5.41) is -0.714. The molecular formula is C11H13ClF3NO4S. The van der Waals surface area contributed by atoms with Gasteiger partial charge < -0.3 is 8.75 Å². The number of halogens is 4. The van der Waals surface area contributed by atoms with Gasteiger partial charge >= 0.3 is 15.6 Å². The lowest BCUT2D eigenvalue weighted by Crippen LogP contribution is -2.29. The Bertz CT molecular complexity index is 667. The van der Waals surface area contributed by atoms with Gasteiger partial charge in [0.1, 0.15) is 5.02 Å². The third-order valence-electron chi connectivity index (χ3n) is 2.50. The monoisotopic (exact) mass is 347 g/mol. The summed E-state index contributed by atoms with van der Waals surface area (Å²) in [6.07, 6.45) is 1.79. The molecule has 0 aliphatic rings. The number of nitrogens with zero attached hydrogens (tertiary/aromatic N) is 1. The van der Waals surface area contributed by atoms with E-state index in [1.165, 1.54) is 4.57 Å². The zero-order valence-corrected chi connectivity index (χ0v) is 12.7. The summed E-state index contributed by atoms with van der Waals surface area (Å²) in [4.78, 5) is 11.8. The van der Waals surface area contributed by atoms with Crippen LogP contribution in [0.4, 0.5) is 13.2 Å². The summed E-state index contributed by atoms with van der Waals surface area (Å²) in [6.45, 7) is 4.17. The summed E-state index contributed by atoms with van der Waals surface area (Å²) in [6, 6.07) is 0.910. The van der Waals surface area contributed by atoms with E-state index in [2.05, 4.69) is 4.18 Å². The lowest BCUT2D eigenvalue weighted by atomic mass is 10.1. The molecule has 1 aromatic rings. The Kier molecular flexibility index (Phi) is 5.32. The second kappa shape index (κ2) is 6.27. The minimum Gasteiger partial charge on any atom is -0.374 e. The van der Waals surface area contributed by atoms with Crippen LogP contribution in [0.1, 0.15) is 20.3 Å². The van der Waals surface area contributed by atoms with E-state index in [9.17, 15) is 26.4 Å². The van der Waals surface area contributed by atoms with Crippen LogP contribution in [0.3, 0.4) is 0 Å². The molecule has 0 fully saturated rings. The fourth-order valence-electron chi connectivity index (χ4n) is 1.33. The van der Waals surface area contributed by atoms with Gasteiger partial charge in [0.05, 0.1) is 0 Å². The van der Waals surface area contributed by atoms with Gasteiger partial charge in [-0.25, -0.2) is 0 Å². The maximum Gasteiger partial charge on any atom is 0.534 e. The van der Waals surface area contributed by atoms with Crippen molar-refractivity contribution in [2.75, 3.05) is 0 Å². The van der Waals surface area contributed by atoms with E-state index in [4.69, 9.17) is 11.6 Å². The van der Waals surface area contributed by atoms with Crippen molar-refractivity contribution in [3.05, 3.63) is 27.6 Å². The normalized spacial score (nSPS) is 12.7. The highest BCUT2D eigenvalue weighted by Crippen LogP contribution is 2.29. The summed E-state index contributed by atoms with van der Waals surface area (Å²) >= 11 is 5.58. The van der Waals surface area contributed by atoms with Gasteiger partial charge in [0.25, 0.3) is 5.56 Å². The molecule has 10 heteroatoms. The van der Waals surface area contributed by atoms with Gasteiger partial charge in [-0.2, -0.15) is 21.6 Å². The molecule has 0 amide bonds. The third-order valence-corrected chi connectivity index (χ3v) is 3.81. The quantitative estimate of drug-likeness (QED) is 0.607. The van der Waals surface area contributed by atoms with Crippen LogP contribution >= 0.6 is 11.6 Å². The van der Waals surface area contributed by atoms with Crippen molar-refractivity contribution in [3.8, 4) is 5.75 Å². The predicted octanol–water partition coefficient (Wildman–Crippen LogP) is 2.78. The van der Waals surface area contributed by atoms with Crippen LogP contribution in [0, 0.1) is 5.92 Å². The molecule has 0 unspecified atom stereocenters. The topological polar surface area (TPSA) is 65.4 Å². The fraction of sp³-hybridized carbons (Fsp3) is 0.545. The highest BCUT2D eigenvalue weighted by atomic mass is 35.5. The maximum absolute atomic E-state index is 12.2. The zero-order valence-electron chi connectivity index (χ0n) is 11.1. The van der Waals surface area contributed by atoms with Crippen LogP contribution in [-0.2, 0) is 16.7 Å². The maximum atomic E-state index is 12.2. The average molecular weight is 348 g/mol. The Morgan fingerprint density at radius 2 is 1.95 bits per heavy atom. The molecule has 120 valence electrons. The molecule has 1 heterocycles. The summed E-state index contributed by atoms with van der Waals surface area (Å²) in [5.41, 5.74) is -6.41. The van der Waals surface area contributed by atoms with Crippen molar-refractivity contribution in [2.45, 2.75) is 32.3 Å². The van der Waals surface area contributed by atoms with E-state index in [1.807, 2.05) is 13.8 Å². The second-order valence-corrected chi connectivity index (χ2v) is 6.57. The van der Waals surface area contributed by atoms with Gasteiger partial charge in [-0.15, -0.1) is 0 Å². The zero-order chi connectivity index (χ0) is 16.4. The molecule has 0 N–H and O–H groups in total. The summed E-state index contributed by atoms with van der Waals surface area (Å²) < 4.78 is 63.4. The molecule has 0 spiro atoms. The van der Waals surface area contributed by atoms with Gasteiger partial charge in [0.2, 0.25) is 0 Å².